The van der Waals surface area contributed by atoms with Gasteiger partial charge in [-0.25, -0.2) is 4.98 Å². The maximum Gasteiger partial charge on any atom is 0.270 e. The van der Waals surface area contributed by atoms with E-state index in [0.29, 0.717) is 5.69 Å². The molecule has 7 heteroatoms. The van der Waals surface area contributed by atoms with Crippen LogP contribution < -0.4 is 10.2 Å². The van der Waals surface area contributed by atoms with E-state index in [0.717, 1.165) is 41.3 Å². The molecule has 1 saturated heterocycles. The second-order valence-corrected chi connectivity index (χ2v) is 6.80. The summed E-state index contributed by atoms with van der Waals surface area (Å²) in [4.78, 5) is 27.3. The number of pyridine rings is 2. The lowest BCUT2D eigenvalue weighted by Crippen LogP contribution is -2.44. The fourth-order valence-electron chi connectivity index (χ4n) is 2.87. The lowest BCUT2D eigenvalue weighted by Gasteiger charge is -2.32. The first-order valence-corrected chi connectivity index (χ1v) is 8.78. The van der Waals surface area contributed by atoms with Gasteiger partial charge in [-0.15, -0.1) is 0 Å². The molecule has 24 heavy (non-hydrogen) atoms. The highest BCUT2D eigenvalue weighted by atomic mass is 32.1. The number of carbonyl (C=O) groups is 1. The van der Waals surface area contributed by atoms with Crippen molar-refractivity contribution < 1.29 is 4.79 Å². The zero-order valence-corrected chi connectivity index (χ0v) is 13.9. The average Bonchev–Trinajstić information content (AvgIpc) is 3.07. The van der Waals surface area contributed by atoms with E-state index in [-0.39, 0.29) is 11.9 Å². The SMILES string of the molecule is O=C(NC1CCN(c2nc3cnccc3s2)CC1)c1ccccn1. The third-order valence-electron chi connectivity index (χ3n) is 4.18. The van der Waals surface area contributed by atoms with Crippen LogP contribution in [0, 0.1) is 0 Å². The highest BCUT2D eigenvalue weighted by molar-refractivity contribution is 7.22. The number of hydrogen-bond donors (Lipinski definition) is 1. The molecule has 0 radical (unpaired) electrons. The number of piperidine rings is 1. The van der Waals surface area contributed by atoms with Crippen LogP contribution in [0.25, 0.3) is 10.2 Å². The summed E-state index contributed by atoms with van der Waals surface area (Å²) in [5.74, 6) is -0.0971. The highest BCUT2D eigenvalue weighted by Gasteiger charge is 2.23. The Hall–Kier alpha value is -2.54. The van der Waals surface area contributed by atoms with Gasteiger partial charge in [-0.3, -0.25) is 14.8 Å². The molecule has 3 aromatic rings. The monoisotopic (exact) mass is 339 g/mol. The first-order chi connectivity index (χ1) is 11.8. The molecular formula is C17H17N5OS. The van der Waals surface area contributed by atoms with Crippen molar-refractivity contribution in [2.75, 3.05) is 18.0 Å². The van der Waals surface area contributed by atoms with E-state index in [9.17, 15) is 4.79 Å². The Morgan fingerprint density at radius 2 is 2.08 bits per heavy atom. The number of nitrogens with one attached hydrogen (secondary N) is 1. The van der Waals surface area contributed by atoms with Gasteiger partial charge in [0.1, 0.15) is 11.2 Å². The van der Waals surface area contributed by atoms with Gasteiger partial charge >= 0.3 is 0 Å². The van der Waals surface area contributed by atoms with Crippen molar-refractivity contribution in [2.24, 2.45) is 0 Å². The zero-order valence-electron chi connectivity index (χ0n) is 13.1. The molecule has 4 heterocycles. The second kappa shape index (κ2) is 6.52. The Balaban J connectivity index is 1.37. The van der Waals surface area contributed by atoms with Gasteiger partial charge in [-0.1, -0.05) is 17.4 Å². The number of anilines is 1. The van der Waals surface area contributed by atoms with Crippen LogP contribution in [0.4, 0.5) is 5.13 Å². The largest absolute Gasteiger partial charge is 0.348 e. The number of rotatable bonds is 3. The maximum atomic E-state index is 12.2. The molecule has 1 fully saturated rings. The second-order valence-electron chi connectivity index (χ2n) is 5.79. The molecule has 0 aromatic carbocycles. The number of carbonyl (C=O) groups excluding carboxylic acids is 1. The average molecular weight is 339 g/mol. The molecule has 0 saturated carbocycles. The molecule has 1 aliphatic rings. The smallest absolute Gasteiger partial charge is 0.270 e. The summed E-state index contributed by atoms with van der Waals surface area (Å²) in [6.07, 6.45) is 7.05. The fraction of sp³-hybridized carbons (Fsp3) is 0.294. The number of nitrogens with zero attached hydrogens (tertiary/aromatic N) is 4. The minimum atomic E-state index is -0.0971. The topological polar surface area (TPSA) is 71.0 Å². The number of hydrogen-bond acceptors (Lipinski definition) is 6. The maximum absolute atomic E-state index is 12.2. The molecular weight excluding hydrogens is 322 g/mol. The molecule has 1 amide bonds. The van der Waals surface area contributed by atoms with E-state index in [1.54, 1.807) is 36.0 Å². The first-order valence-electron chi connectivity index (χ1n) is 7.97. The first kappa shape index (κ1) is 15.0. The van der Waals surface area contributed by atoms with Crippen LogP contribution in [0.15, 0.2) is 42.9 Å². The molecule has 0 aliphatic carbocycles. The third-order valence-corrected chi connectivity index (χ3v) is 5.27. The van der Waals surface area contributed by atoms with Gasteiger partial charge in [0.05, 0.1) is 10.9 Å². The van der Waals surface area contributed by atoms with Gasteiger partial charge in [-0.05, 0) is 31.0 Å². The summed E-state index contributed by atoms with van der Waals surface area (Å²) < 4.78 is 1.16. The minimum absolute atomic E-state index is 0.0971. The van der Waals surface area contributed by atoms with Crippen molar-refractivity contribution in [3.05, 3.63) is 48.5 Å². The number of fused-ring (bicyclic) bond motifs is 1. The lowest BCUT2D eigenvalue weighted by atomic mass is 10.1. The van der Waals surface area contributed by atoms with Gasteiger partial charge in [-0.2, -0.15) is 0 Å². The van der Waals surface area contributed by atoms with Crippen LogP contribution in [0.2, 0.25) is 0 Å². The van der Waals surface area contributed by atoms with Crippen LogP contribution >= 0.6 is 11.3 Å². The van der Waals surface area contributed by atoms with Gasteiger partial charge in [0.25, 0.3) is 5.91 Å². The summed E-state index contributed by atoms with van der Waals surface area (Å²) in [5, 5.41) is 4.11. The van der Waals surface area contributed by atoms with Crippen molar-refractivity contribution in [3.8, 4) is 0 Å². The molecule has 1 N–H and O–H groups in total. The Kier molecular flexibility index (Phi) is 4.08. The third kappa shape index (κ3) is 3.07. The molecule has 0 spiro atoms. The van der Waals surface area contributed by atoms with Crippen molar-refractivity contribution >= 4 is 32.6 Å². The molecule has 122 valence electrons. The summed E-state index contributed by atoms with van der Waals surface area (Å²) in [6, 6.07) is 7.55. The minimum Gasteiger partial charge on any atom is -0.348 e. The Labute approximate surface area is 143 Å². The quantitative estimate of drug-likeness (QED) is 0.794. The van der Waals surface area contributed by atoms with Crippen LogP contribution in [0.3, 0.4) is 0 Å². The van der Waals surface area contributed by atoms with Crippen molar-refractivity contribution in [3.63, 3.8) is 0 Å². The Morgan fingerprint density at radius 1 is 1.21 bits per heavy atom. The van der Waals surface area contributed by atoms with Gasteiger partial charge < -0.3 is 10.2 Å². The summed E-state index contributed by atoms with van der Waals surface area (Å²) in [7, 11) is 0. The standard InChI is InChI=1S/C17H17N5OS/c23-16(13-3-1-2-7-19-13)20-12-5-9-22(10-6-12)17-21-14-11-18-8-4-15(14)24-17/h1-4,7-8,11-12H,5-6,9-10H2,(H,20,23). The van der Waals surface area contributed by atoms with Gasteiger partial charge in [0, 0.05) is 31.5 Å². The number of aromatic nitrogens is 3. The molecule has 1 aliphatic heterocycles. The van der Waals surface area contributed by atoms with Crippen molar-refractivity contribution in [2.45, 2.75) is 18.9 Å². The lowest BCUT2D eigenvalue weighted by molar-refractivity contribution is 0.0926. The zero-order chi connectivity index (χ0) is 16.4. The number of thiazole rings is 1. The Bertz CT molecular complexity index is 809. The highest BCUT2D eigenvalue weighted by Crippen LogP contribution is 2.29. The van der Waals surface area contributed by atoms with Crippen molar-refractivity contribution in [1.29, 1.82) is 0 Å². The van der Waals surface area contributed by atoms with Crippen LogP contribution in [0.5, 0.6) is 0 Å². The predicted molar refractivity (Wildman–Crippen MR) is 94.4 cm³/mol. The molecule has 0 atom stereocenters. The Morgan fingerprint density at radius 3 is 2.83 bits per heavy atom. The van der Waals surface area contributed by atoms with E-state index in [4.69, 9.17) is 0 Å². The van der Waals surface area contributed by atoms with Crippen LogP contribution in [-0.4, -0.2) is 40.0 Å². The van der Waals surface area contributed by atoms with Crippen molar-refractivity contribution in [1.82, 2.24) is 20.3 Å². The molecule has 0 unspecified atom stereocenters. The predicted octanol–water partition coefficient (Wildman–Crippen LogP) is 2.49. The summed E-state index contributed by atoms with van der Waals surface area (Å²) in [6.45, 7) is 1.78. The fourth-order valence-corrected chi connectivity index (χ4v) is 3.86. The summed E-state index contributed by atoms with van der Waals surface area (Å²) in [5.41, 5.74) is 1.42. The molecule has 4 rings (SSSR count). The normalized spacial score (nSPS) is 15.6. The van der Waals surface area contributed by atoms with Crippen LogP contribution in [-0.2, 0) is 0 Å². The molecule has 3 aromatic heterocycles. The summed E-state index contributed by atoms with van der Waals surface area (Å²) >= 11 is 1.69. The number of amides is 1. The van der Waals surface area contributed by atoms with E-state index >= 15 is 0 Å². The van der Waals surface area contributed by atoms with Gasteiger partial charge in [0.2, 0.25) is 0 Å². The van der Waals surface area contributed by atoms with E-state index in [2.05, 4.69) is 25.2 Å². The molecule has 0 bridgehead atoms. The van der Waals surface area contributed by atoms with E-state index in [1.165, 1.54) is 0 Å². The van der Waals surface area contributed by atoms with Crippen LogP contribution in [0.1, 0.15) is 23.3 Å². The van der Waals surface area contributed by atoms with E-state index < -0.39 is 0 Å². The van der Waals surface area contributed by atoms with E-state index in [1.807, 2.05) is 18.2 Å². The molecule has 6 nitrogen and oxygen atoms in total. The van der Waals surface area contributed by atoms with Gasteiger partial charge in [0.15, 0.2) is 5.13 Å².